The molecule has 4 N–H and O–H groups in total. The summed E-state index contributed by atoms with van der Waals surface area (Å²) in [6, 6.07) is 2.50. The summed E-state index contributed by atoms with van der Waals surface area (Å²) in [5.74, 6) is 0.0286. The van der Waals surface area contributed by atoms with Crippen molar-refractivity contribution in [3.8, 4) is 5.75 Å². The van der Waals surface area contributed by atoms with Gasteiger partial charge in [0.1, 0.15) is 11.5 Å². The molecule has 0 radical (unpaired) electrons. The zero-order valence-corrected chi connectivity index (χ0v) is 16.8. The smallest absolute Gasteiger partial charge is 0.296 e. The zero-order valence-electron chi connectivity index (χ0n) is 16.8. The second-order valence-electron chi connectivity index (χ2n) is 5.93. The van der Waals surface area contributed by atoms with Crippen LogP contribution >= 0.6 is 0 Å². The number of anilines is 1. The SMILES string of the molecule is C=CCNc1c(OCCCO/C(C=C)=C(/C)NCC)cc(C(N)=O)cc1[N+](=O)[O-]. The van der Waals surface area contributed by atoms with Crippen molar-refractivity contribution in [1.82, 2.24) is 5.32 Å². The minimum atomic E-state index is -0.781. The summed E-state index contributed by atoms with van der Waals surface area (Å²) in [4.78, 5) is 22.3. The highest BCUT2D eigenvalue weighted by molar-refractivity contribution is 5.95. The Morgan fingerprint density at radius 1 is 1.34 bits per heavy atom. The second-order valence-corrected chi connectivity index (χ2v) is 5.93. The molecule has 1 aromatic carbocycles. The molecule has 9 heteroatoms. The van der Waals surface area contributed by atoms with Crippen LogP contribution in [0.3, 0.4) is 0 Å². The number of allylic oxidation sites excluding steroid dienone is 2. The molecule has 0 aromatic heterocycles. The molecule has 1 aromatic rings. The van der Waals surface area contributed by atoms with Crippen LogP contribution in [-0.2, 0) is 4.74 Å². The number of amides is 1. The van der Waals surface area contributed by atoms with Gasteiger partial charge in [-0.05, 0) is 26.0 Å². The first-order valence-electron chi connectivity index (χ1n) is 9.15. The van der Waals surface area contributed by atoms with Crippen LogP contribution in [-0.4, -0.2) is 37.1 Å². The maximum absolute atomic E-state index is 11.5. The molecule has 9 nitrogen and oxygen atoms in total. The zero-order chi connectivity index (χ0) is 21.8. The van der Waals surface area contributed by atoms with Crippen LogP contribution < -0.4 is 21.1 Å². The molecule has 0 atom stereocenters. The van der Waals surface area contributed by atoms with Crippen LogP contribution in [0.5, 0.6) is 5.75 Å². The van der Waals surface area contributed by atoms with Gasteiger partial charge in [0.25, 0.3) is 5.69 Å². The van der Waals surface area contributed by atoms with E-state index in [1.807, 2.05) is 13.8 Å². The lowest BCUT2D eigenvalue weighted by Gasteiger charge is -2.15. The van der Waals surface area contributed by atoms with E-state index in [1.165, 1.54) is 6.07 Å². The number of hydrogen-bond donors (Lipinski definition) is 3. The third-order valence-electron chi connectivity index (χ3n) is 3.79. The number of nitrogens with two attached hydrogens (primary N) is 1. The van der Waals surface area contributed by atoms with E-state index < -0.39 is 10.8 Å². The molecule has 0 fully saturated rings. The first-order chi connectivity index (χ1) is 13.8. The molecule has 0 saturated heterocycles. The molecule has 0 saturated carbocycles. The average Bonchev–Trinajstić information content (AvgIpc) is 2.68. The Labute approximate surface area is 170 Å². The molecule has 158 valence electrons. The van der Waals surface area contributed by atoms with Gasteiger partial charge < -0.3 is 25.8 Å². The summed E-state index contributed by atoms with van der Waals surface area (Å²) >= 11 is 0. The number of rotatable bonds is 14. The van der Waals surface area contributed by atoms with Gasteiger partial charge in [-0.2, -0.15) is 0 Å². The van der Waals surface area contributed by atoms with Crippen molar-refractivity contribution in [3.63, 3.8) is 0 Å². The van der Waals surface area contributed by atoms with Gasteiger partial charge in [-0.1, -0.05) is 12.7 Å². The highest BCUT2D eigenvalue weighted by Crippen LogP contribution is 2.36. The number of hydrogen-bond acceptors (Lipinski definition) is 7. The normalized spacial score (nSPS) is 11.1. The van der Waals surface area contributed by atoms with Crippen molar-refractivity contribution < 1.29 is 19.2 Å². The second kappa shape index (κ2) is 12.1. The molecule has 0 aliphatic heterocycles. The first-order valence-corrected chi connectivity index (χ1v) is 9.15. The third kappa shape index (κ3) is 7.21. The molecule has 0 unspecified atom stereocenters. The largest absolute Gasteiger partial charge is 0.492 e. The lowest BCUT2D eigenvalue weighted by molar-refractivity contribution is -0.384. The van der Waals surface area contributed by atoms with Crippen molar-refractivity contribution >= 4 is 17.3 Å². The number of benzene rings is 1. The Balaban J connectivity index is 2.89. The molecule has 1 amide bonds. The van der Waals surface area contributed by atoms with E-state index >= 15 is 0 Å². The van der Waals surface area contributed by atoms with Crippen LogP contribution in [0.2, 0.25) is 0 Å². The van der Waals surface area contributed by atoms with E-state index in [0.29, 0.717) is 18.8 Å². The fourth-order valence-electron chi connectivity index (χ4n) is 2.45. The Hall–Kier alpha value is -3.49. The third-order valence-corrected chi connectivity index (χ3v) is 3.79. The lowest BCUT2D eigenvalue weighted by atomic mass is 10.1. The number of nitro groups is 1. The molecule has 0 bridgehead atoms. The topological polar surface area (TPSA) is 129 Å². The van der Waals surface area contributed by atoms with Gasteiger partial charge in [0.15, 0.2) is 5.69 Å². The fourth-order valence-corrected chi connectivity index (χ4v) is 2.45. The van der Waals surface area contributed by atoms with E-state index in [-0.39, 0.29) is 35.8 Å². The Morgan fingerprint density at radius 2 is 2.07 bits per heavy atom. The molecule has 0 aliphatic rings. The van der Waals surface area contributed by atoms with Gasteiger partial charge in [-0.25, -0.2) is 0 Å². The van der Waals surface area contributed by atoms with Gasteiger partial charge in [0.2, 0.25) is 5.91 Å². The molecule has 0 spiro atoms. The number of carbonyl (C=O) groups excluding carboxylic acids is 1. The van der Waals surface area contributed by atoms with E-state index in [9.17, 15) is 14.9 Å². The molecule has 0 aliphatic carbocycles. The van der Waals surface area contributed by atoms with Crippen LogP contribution in [0.4, 0.5) is 11.4 Å². The lowest BCUT2D eigenvalue weighted by Crippen LogP contribution is -2.14. The summed E-state index contributed by atoms with van der Waals surface area (Å²) in [5, 5.41) is 17.4. The number of carbonyl (C=O) groups is 1. The van der Waals surface area contributed by atoms with Crippen molar-refractivity contribution in [2.24, 2.45) is 5.73 Å². The van der Waals surface area contributed by atoms with Crippen molar-refractivity contribution in [3.05, 3.63) is 64.6 Å². The van der Waals surface area contributed by atoms with Crippen LogP contribution in [0.25, 0.3) is 0 Å². The maximum atomic E-state index is 11.5. The molecule has 0 heterocycles. The standard InChI is InChI=1S/C20H28N4O5/c1-5-9-23-19-16(24(26)27)12-15(20(21)25)13-18(19)29-11-8-10-28-17(6-2)14(4)22-7-3/h5-6,12-13,22-23H,1-2,7-11H2,3-4H3,(H2,21,25)/b17-14-. The summed E-state index contributed by atoms with van der Waals surface area (Å²) < 4.78 is 11.4. The van der Waals surface area contributed by atoms with E-state index in [0.717, 1.165) is 18.3 Å². The summed E-state index contributed by atoms with van der Waals surface area (Å²) in [5.41, 5.74) is 6.02. The quantitative estimate of drug-likeness (QED) is 0.108. The average molecular weight is 404 g/mol. The highest BCUT2D eigenvalue weighted by atomic mass is 16.6. The highest BCUT2D eigenvalue weighted by Gasteiger charge is 2.22. The number of primary amides is 1. The van der Waals surface area contributed by atoms with Gasteiger partial charge in [0.05, 0.1) is 23.8 Å². The Morgan fingerprint density at radius 3 is 2.62 bits per heavy atom. The van der Waals surface area contributed by atoms with Crippen LogP contribution in [0.15, 0.2) is 48.9 Å². The van der Waals surface area contributed by atoms with E-state index in [2.05, 4.69) is 23.8 Å². The van der Waals surface area contributed by atoms with Gasteiger partial charge in [-0.3, -0.25) is 14.9 Å². The van der Waals surface area contributed by atoms with Gasteiger partial charge in [-0.15, -0.1) is 6.58 Å². The Kier molecular flexibility index (Phi) is 9.80. The molecular weight excluding hydrogens is 376 g/mol. The van der Waals surface area contributed by atoms with E-state index in [1.54, 1.807) is 12.2 Å². The first kappa shape index (κ1) is 23.5. The summed E-state index contributed by atoms with van der Waals surface area (Å²) in [6.45, 7) is 12.8. The van der Waals surface area contributed by atoms with Crippen LogP contribution in [0.1, 0.15) is 30.6 Å². The molecule has 29 heavy (non-hydrogen) atoms. The van der Waals surface area contributed by atoms with Crippen molar-refractivity contribution in [2.75, 3.05) is 31.6 Å². The number of nitrogens with one attached hydrogen (secondary N) is 2. The monoisotopic (exact) mass is 404 g/mol. The molecule has 1 rings (SSSR count). The van der Waals surface area contributed by atoms with Crippen molar-refractivity contribution in [2.45, 2.75) is 20.3 Å². The number of ether oxygens (including phenoxy) is 2. The van der Waals surface area contributed by atoms with Gasteiger partial charge >= 0.3 is 0 Å². The van der Waals surface area contributed by atoms with Crippen LogP contribution in [0, 0.1) is 10.1 Å². The maximum Gasteiger partial charge on any atom is 0.296 e. The Bertz CT molecular complexity index is 789. The van der Waals surface area contributed by atoms with Crippen molar-refractivity contribution in [1.29, 1.82) is 0 Å². The predicted octanol–water partition coefficient (Wildman–Crippen LogP) is 3.10. The minimum Gasteiger partial charge on any atom is -0.492 e. The number of nitrogens with zero attached hydrogens (tertiary/aromatic N) is 1. The fraction of sp³-hybridized carbons (Fsp3) is 0.350. The molecular formula is C20H28N4O5. The summed E-state index contributed by atoms with van der Waals surface area (Å²) in [7, 11) is 0. The number of nitro benzene ring substituents is 1. The minimum absolute atomic E-state index is 0.00903. The summed E-state index contributed by atoms with van der Waals surface area (Å²) in [6.07, 6.45) is 3.68. The van der Waals surface area contributed by atoms with Gasteiger partial charge in [0, 0.05) is 31.1 Å². The predicted molar refractivity (Wildman–Crippen MR) is 113 cm³/mol. The van der Waals surface area contributed by atoms with E-state index in [4.69, 9.17) is 15.2 Å².